The summed E-state index contributed by atoms with van der Waals surface area (Å²) in [5.74, 6) is 3.89. The van der Waals surface area contributed by atoms with Crippen LogP contribution in [-0.2, 0) is 4.79 Å². The van der Waals surface area contributed by atoms with Gasteiger partial charge in [-0.15, -0.1) is 6.58 Å². The van der Waals surface area contributed by atoms with Gasteiger partial charge >= 0.3 is 5.97 Å². The van der Waals surface area contributed by atoms with E-state index in [9.17, 15) is 14.9 Å². The number of nitriles is 1. The highest BCUT2D eigenvalue weighted by atomic mass is 16.5. The summed E-state index contributed by atoms with van der Waals surface area (Å²) < 4.78 is 5.20. The zero-order valence-corrected chi connectivity index (χ0v) is 15.0. The second kappa shape index (κ2) is 9.39. The molecule has 0 aliphatic heterocycles. The van der Waals surface area contributed by atoms with Crippen LogP contribution in [-0.4, -0.2) is 37.9 Å². The highest BCUT2D eigenvalue weighted by Gasteiger charge is 2.24. The molecule has 7 nitrogen and oxygen atoms in total. The third-order valence-corrected chi connectivity index (χ3v) is 3.97. The van der Waals surface area contributed by atoms with E-state index in [0.717, 1.165) is 0 Å². The predicted molar refractivity (Wildman–Crippen MR) is 106 cm³/mol. The Balaban J connectivity index is 2.28. The molecule has 140 valence electrons. The summed E-state index contributed by atoms with van der Waals surface area (Å²) in [7, 11) is 5.77. The number of hydrogen-bond donors (Lipinski definition) is 2. The third kappa shape index (κ3) is 4.99. The number of carboxylic acids is 1. The summed E-state index contributed by atoms with van der Waals surface area (Å²) in [6.07, 6.45) is 1.43. The van der Waals surface area contributed by atoms with E-state index in [1.165, 1.54) is 29.3 Å². The minimum absolute atomic E-state index is 0.0498. The number of rotatable bonds is 9. The molecule has 8 heteroatoms. The van der Waals surface area contributed by atoms with Crippen molar-refractivity contribution in [1.29, 1.82) is 5.26 Å². The lowest BCUT2D eigenvalue weighted by Gasteiger charge is -2.24. The number of para-hydroxylation sites is 1. The Kier molecular flexibility index (Phi) is 6.96. The normalized spacial score (nSPS) is 11.1. The van der Waals surface area contributed by atoms with Gasteiger partial charge in [0.05, 0.1) is 22.7 Å². The van der Waals surface area contributed by atoms with Crippen molar-refractivity contribution in [2.75, 3.05) is 18.2 Å². The van der Waals surface area contributed by atoms with Gasteiger partial charge in [-0.3, -0.25) is 4.79 Å². The maximum atomic E-state index is 13.0. The molecule has 2 radical (unpaired) electrons. The summed E-state index contributed by atoms with van der Waals surface area (Å²) in [6, 6.07) is 13.2. The van der Waals surface area contributed by atoms with Crippen LogP contribution < -0.4 is 21.1 Å². The van der Waals surface area contributed by atoms with Crippen molar-refractivity contribution in [2.24, 2.45) is 11.8 Å². The lowest BCUT2D eigenvalue weighted by Crippen LogP contribution is -2.38. The SMILES string of the molecule is [B]c1ccc(OCC(=O)O)c(C(=O)C(C=C)CN(N)c2ccccc2C#N)c1. The van der Waals surface area contributed by atoms with Gasteiger partial charge in [0.1, 0.15) is 19.7 Å². The number of hydrogen-bond acceptors (Lipinski definition) is 6. The number of aliphatic carboxylic acids is 1. The highest BCUT2D eigenvalue weighted by Crippen LogP contribution is 2.24. The first-order valence-electron chi connectivity index (χ1n) is 8.29. The fourth-order valence-corrected chi connectivity index (χ4v) is 2.60. The number of ether oxygens (including phenoxy) is 1. The molecule has 0 spiro atoms. The molecule has 1 atom stereocenters. The summed E-state index contributed by atoms with van der Waals surface area (Å²) in [5.41, 5.74) is 1.30. The Labute approximate surface area is 164 Å². The molecule has 0 amide bonds. The quantitative estimate of drug-likeness (QED) is 0.222. The second-order valence-electron chi connectivity index (χ2n) is 5.93. The fourth-order valence-electron chi connectivity index (χ4n) is 2.60. The number of ketones is 1. The van der Waals surface area contributed by atoms with Gasteiger partial charge in [-0.1, -0.05) is 35.8 Å². The van der Waals surface area contributed by atoms with E-state index in [2.05, 4.69) is 6.58 Å². The number of nitrogens with two attached hydrogens (primary N) is 1. The van der Waals surface area contributed by atoms with Gasteiger partial charge in [0.25, 0.3) is 0 Å². The molecule has 0 saturated heterocycles. The summed E-state index contributed by atoms with van der Waals surface area (Å²) >= 11 is 0. The van der Waals surface area contributed by atoms with Gasteiger partial charge in [-0.2, -0.15) is 5.26 Å². The molecule has 1 unspecified atom stereocenters. The lowest BCUT2D eigenvalue weighted by molar-refractivity contribution is -0.139. The molecule has 2 aromatic rings. The van der Waals surface area contributed by atoms with E-state index in [1.54, 1.807) is 24.3 Å². The minimum Gasteiger partial charge on any atom is -0.481 e. The maximum absolute atomic E-state index is 13.0. The molecule has 0 bridgehead atoms. The first-order chi connectivity index (χ1) is 13.4. The molecule has 2 rings (SSSR count). The largest absolute Gasteiger partial charge is 0.481 e. The van der Waals surface area contributed by atoms with Gasteiger partial charge in [0.15, 0.2) is 12.4 Å². The van der Waals surface area contributed by atoms with E-state index in [1.807, 2.05) is 6.07 Å². The molecule has 0 heterocycles. The zero-order valence-electron chi connectivity index (χ0n) is 15.0. The number of hydrazine groups is 1. The van der Waals surface area contributed by atoms with Gasteiger partial charge in [0, 0.05) is 6.54 Å². The average molecular weight is 375 g/mol. The molecular weight excluding hydrogens is 357 g/mol. The Morgan fingerprint density at radius 1 is 1.36 bits per heavy atom. The molecule has 28 heavy (non-hydrogen) atoms. The Morgan fingerprint density at radius 2 is 2.07 bits per heavy atom. The van der Waals surface area contributed by atoms with Crippen molar-refractivity contribution in [1.82, 2.24) is 0 Å². The van der Waals surface area contributed by atoms with Crippen LogP contribution in [0.1, 0.15) is 15.9 Å². The van der Waals surface area contributed by atoms with Crippen LogP contribution in [0, 0.1) is 17.2 Å². The molecule has 0 fully saturated rings. The van der Waals surface area contributed by atoms with Gasteiger partial charge in [0.2, 0.25) is 0 Å². The lowest BCUT2D eigenvalue weighted by atomic mass is 9.89. The predicted octanol–water partition coefficient (Wildman–Crippen LogP) is 1.18. The Bertz CT molecular complexity index is 939. The van der Waals surface area contributed by atoms with Crippen molar-refractivity contribution < 1.29 is 19.4 Å². The Morgan fingerprint density at radius 3 is 2.71 bits per heavy atom. The Hall–Kier alpha value is -3.57. The van der Waals surface area contributed by atoms with E-state index in [0.29, 0.717) is 16.7 Å². The molecule has 0 aliphatic carbocycles. The van der Waals surface area contributed by atoms with Crippen molar-refractivity contribution in [3.05, 3.63) is 66.2 Å². The molecule has 0 aliphatic rings. The van der Waals surface area contributed by atoms with Crippen LogP contribution >= 0.6 is 0 Å². The standard InChI is InChI=1S/C20H18BN3O4/c1-2-13(11-24(23)17-6-4-3-5-14(17)10-22)20(27)16-9-15(21)7-8-18(16)28-12-19(25)26/h2-9,13H,1,11-12,23H2,(H,25,26). The van der Waals surface area contributed by atoms with Crippen molar-refractivity contribution in [3.8, 4) is 11.8 Å². The van der Waals surface area contributed by atoms with Crippen molar-refractivity contribution in [2.45, 2.75) is 0 Å². The van der Waals surface area contributed by atoms with Gasteiger partial charge in [-0.05, 0) is 18.2 Å². The van der Waals surface area contributed by atoms with Gasteiger partial charge in [-0.25, -0.2) is 10.6 Å². The number of carbonyl (C=O) groups excluding carboxylic acids is 1. The van der Waals surface area contributed by atoms with Crippen LogP contribution in [0.4, 0.5) is 5.69 Å². The molecular formula is C20H18BN3O4. The summed E-state index contributed by atoms with van der Waals surface area (Å²) in [5, 5.41) is 19.3. The number of Topliss-reactive ketones (excluding diaryl/α,β-unsaturated/α-hetero) is 1. The molecule has 2 aromatic carbocycles. The zero-order chi connectivity index (χ0) is 20.7. The first kappa shape index (κ1) is 20.7. The number of carbonyl (C=O) groups is 2. The number of benzene rings is 2. The monoisotopic (exact) mass is 375 g/mol. The van der Waals surface area contributed by atoms with Crippen LogP contribution in [0.3, 0.4) is 0 Å². The number of carboxylic acid groups (broad SMARTS) is 1. The molecule has 0 saturated carbocycles. The number of anilines is 1. The van der Waals surface area contributed by atoms with Crippen LogP contribution in [0.5, 0.6) is 5.75 Å². The van der Waals surface area contributed by atoms with Crippen molar-refractivity contribution in [3.63, 3.8) is 0 Å². The number of nitrogens with zero attached hydrogens (tertiary/aromatic N) is 2. The third-order valence-electron chi connectivity index (χ3n) is 3.97. The van der Waals surface area contributed by atoms with Crippen LogP contribution in [0.25, 0.3) is 0 Å². The summed E-state index contributed by atoms with van der Waals surface area (Å²) in [6.45, 7) is 3.14. The van der Waals surface area contributed by atoms with Crippen molar-refractivity contribution >= 4 is 30.7 Å². The van der Waals surface area contributed by atoms with Crippen LogP contribution in [0.2, 0.25) is 0 Å². The molecule has 3 N–H and O–H groups in total. The fraction of sp³-hybridized carbons (Fsp3) is 0.150. The van der Waals surface area contributed by atoms with Gasteiger partial charge < -0.3 is 14.9 Å². The highest BCUT2D eigenvalue weighted by molar-refractivity contribution is 6.32. The van der Waals surface area contributed by atoms with Crippen LogP contribution in [0.15, 0.2) is 55.1 Å². The maximum Gasteiger partial charge on any atom is 0.341 e. The second-order valence-corrected chi connectivity index (χ2v) is 5.93. The smallest absolute Gasteiger partial charge is 0.341 e. The summed E-state index contributed by atoms with van der Waals surface area (Å²) in [4.78, 5) is 23.8. The van der Waals surface area contributed by atoms with E-state index < -0.39 is 18.5 Å². The van der Waals surface area contributed by atoms with E-state index in [-0.39, 0.29) is 23.6 Å². The first-order valence-corrected chi connectivity index (χ1v) is 8.29. The molecule has 0 aromatic heterocycles. The average Bonchev–Trinajstić information content (AvgIpc) is 2.70. The minimum atomic E-state index is -1.17. The van der Waals surface area contributed by atoms with E-state index in [4.69, 9.17) is 23.5 Å². The topological polar surface area (TPSA) is 117 Å². The van der Waals surface area contributed by atoms with E-state index >= 15 is 0 Å².